The van der Waals surface area contributed by atoms with Gasteiger partial charge in [-0.05, 0) is 81.1 Å². The Hall–Kier alpha value is -4.84. The van der Waals surface area contributed by atoms with Gasteiger partial charge in [0.25, 0.3) is 5.91 Å². The van der Waals surface area contributed by atoms with Gasteiger partial charge < -0.3 is 24.5 Å². The van der Waals surface area contributed by atoms with E-state index in [1.165, 1.54) is 24.3 Å². The summed E-state index contributed by atoms with van der Waals surface area (Å²) in [5.41, 5.74) is 3.44. The van der Waals surface area contributed by atoms with Gasteiger partial charge in [0, 0.05) is 62.0 Å². The summed E-state index contributed by atoms with van der Waals surface area (Å²) < 4.78 is 19.2. The third-order valence-electron chi connectivity index (χ3n) is 9.62. The minimum atomic E-state index is -1.11. The maximum atomic E-state index is 14.3. The third kappa shape index (κ3) is 7.21. The zero-order valence-corrected chi connectivity index (χ0v) is 29.4. The molecule has 1 N–H and O–H groups in total. The van der Waals surface area contributed by atoms with Crippen LogP contribution in [0.2, 0.25) is 0 Å². The SMILES string of the molecule is C[C@@H]1CN(CC(=O)N2CC(C)(C)c3ncc(Cc4ccc(F)cc4)cc32)[C@@H](CN2Cc3ccc(C(=O)O)cc3C2=O)CN1C(=O)OC(C)(C)C. The molecular formula is C38H44FN5O6. The molecule has 0 radical (unpaired) electrons. The number of fused-ring (bicyclic) bond motifs is 2. The Morgan fingerprint density at radius 2 is 1.76 bits per heavy atom. The summed E-state index contributed by atoms with van der Waals surface area (Å²) in [6, 6.07) is 12.2. The molecule has 0 bridgehead atoms. The normalized spacial score (nSPS) is 20.1. The molecule has 3 aromatic rings. The fourth-order valence-electron chi connectivity index (χ4n) is 7.14. The number of carbonyl (C=O) groups is 4. The lowest BCUT2D eigenvalue weighted by molar-refractivity contribution is -0.121. The van der Waals surface area contributed by atoms with Gasteiger partial charge in [-0.1, -0.05) is 32.0 Å². The zero-order valence-electron chi connectivity index (χ0n) is 29.4. The van der Waals surface area contributed by atoms with E-state index in [0.717, 1.165) is 28.1 Å². The van der Waals surface area contributed by atoms with Gasteiger partial charge in [0.1, 0.15) is 11.4 Å². The van der Waals surface area contributed by atoms with E-state index in [9.17, 15) is 28.7 Å². The van der Waals surface area contributed by atoms with Crippen LogP contribution in [-0.4, -0.2) is 99.1 Å². The Kier molecular flexibility index (Phi) is 9.19. The molecular weight excluding hydrogens is 641 g/mol. The van der Waals surface area contributed by atoms with Crippen LogP contribution in [0.25, 0.3) is 0 Å². The number of amides is 3. The first-order valence-electron chi connectivity index (χ1n) is 16.9. The largest absolute Gasteiger partial charge is 0.478 e. The molecule has 11 nitrogen and oxygen atoms in total. The second-order valence-electron chi connectivity index (χ2n) is 15.3. The molecule has 12 heteroatoms. The summed E-state index contributed by atoms with van der Waals surface area (Å²) in [4.78, 5) is 64.7. The molecule has 264 valence electrons. The van der Waals surface area contributed by atoms with Crippen molar-refractivity contribution in [3.8, 4) is 0 Å². The first-order chi connectivity index (χ1) is 23.5. The number of nitrogens with zero attached hydrogens (tertiary/aromatic N) is 5. The number of carboxylic acid groups (broad SMARTS) is 1. The smallest absolute Gasteiger partial charge is 0.410 e. The van der Waals surface area contributed by atoms with E-state index >= 15 is 0 Å². The monoisotopic (exact) mass is 685 g/mol. The van der Waals surface area contributed by atoms with Crippen molar-refractivity contribution in [2.45, 2.75) is 77.6 Å². The lowest BCUT2D eigenvalue weighted by Gasteiger charge is -2.46. The number of pyridine rings is 1. The summed E-state index contributed by atoms with van der Waals surface area (Å²) in [5.74, 6) is -1.82. The molecule has 1 saturated heterocycles. The number of aromatic carboxylic acids is 1. The second kappa shape index (κ2) is 13.1. The zero-order chi connectivity index (χ0) is 36.1. The molecule has 50 heavy (non-hydrogen) atoms. The summed E-state index contributed by atoms with van der Waals surface area (Å²) >= 11 is 0. The van der Waals surface area contributed by atoms with Gasteiger partial charge in [0.05, 0.1) is 23.5 Å². The quantitative estimate of drug-likeness (QED) is 0.365. The second-order valence-corrected chi connectivity index (χ2v) is 15.3. The average Bonchev–Trinajstić information content (AvgIpc) is 3.49. The van der Waals surface area contributed by atoms with Crippen molar-refractivity contribution >= 4 is 29.6 Å². The molecule has 1 aromatic heterocycles. The Morgan fingerprint density at radius 3 is 2.44 bits per heavy atom. The van der Waals surface area contributed by atoms with Gasteiger partial charge in [0.2, 0.25) is 5.91 Å². The van der Waals surface area contributed by atoms with Crippen LogP contribution in [0.4, 0.5) is 14.9 Å². The molecule has 0 unspecified atom stereocenters. The van der Waals surface area contributed by atoms with Crippen molar-refractivity contribution in [3.63, 3.8) is 0 Å². The van der Waals surface area contributed by atoms with Gasteiger partial charge in [-0.3, -0.25) is 19.5 Å². The van der Waals surface area contributed by atoms with E-state index in [1.54, 1.807) is 32.9 Å². The van der Waals surface area contributed by atoms with Gasteiger partial charge in [-0.2, -0.15) is 0 Å². The minimum Gasteiger partial charge on any atom is -0.478 e. The molecule has 3 amide bonds. The molecule has 6 rings (SSSR count). The number of anilines is 1. The van der Waals surface area contributed by atoms with Gasteiger partial charge in [-0.25, -0.2) is 14.0 Å². The maximum absolute atomic E-state index is 14.3. The average molecular weight is 686 g/mol. The number of aromatic nitrogens is 1. The van der Waals surface area contributed by atoms with Crippen LogP contribution in [0.5, 0.6) is 0 Å². The fraction of sp³-hybridized carbons (Fsp3) is 0.447. The van der Waals surface area contributed by atoms with E-state index in [1.807, 2.05) is 44.9 Å². The van der Waals surface area contributed by atoms with Crippen molar-refractivity contribution in [2.24, 2.45) is 0 Å². The van der Waals surface area contributed by atoms with E-state index in [0.29, 0.717) is 31.6 Å². The molecule has 0 aliphatic carbocycles. The third-order valence-corrected chi connectivity index (χ3v) is 9.62. The van der Waals surface area contributed by atoms with Crippen LogP contribution < -0.4 is 4.90 Å². The highest BCUT2D eigenvalue weighted by Crippen LogP contribution is 2.40. The van der Waals surface area contributed by atoms with E-state index in [2.05, 4.69) is 13.8 Å². The molecule has 0 spiro atoms. The van der Waals surface area contributed by atoms with Crippen molar-refractivity contribution < 1.29 is 33.4 Å². The van der Waals surface area contributed by atoms with Crippen LogP contribution in [0.1, 0.15) is 84.6 Å². The molecule has 3 aliphatic heterocycles. The number of piperazine rings is 1. The van der Waals surface area contributed by atoms with Crippen molar-refractivity contribution in [2.75, 3.05) is 37.6 Å². The highest BCUT2D eigenvalue weighted by atomic mass is 19.1. The van der Waals surface area contributed by atoms with Gasteiger partial charge >= 0.3 is 12.1 Å². The highest BCUT2D eigenvalue weighted by Gasteiger charge is 2.43. The summed E-state index contributed by atoms with van der Waals surface area (Å²) in [7, 11) is 0. The molecule has 1 fully saturated rings. The van der Waals surface area contributed by atoms with Crippen molar-refractivity contribution in [1.29, 1.82) is 0 Å². The molecule has 0 saturated carbocycles. The number of carboxylic acids is 1. The Morgan fingerprint density at radius 1 is 1.04 bits per heavy atom. The van der Waals surface area contributed by atoms with E-state index in [-0.39, 0.29) is 54.3 Å². The predicted molar refractivity (Wildman–Crippen MR) is 185 cm³/mol. The Balaban J connectivity index is 1.25. The molecule has 3 aliphatic rings. The fourth-order valence-corrected chi connectivity index (χ4v) is 7.14. The van der Waals surface area contributed by atoms with Crippen LogP contribution in [0.3, 0.4) is 0 Å². The summed E-state index contributed by atoms with van der Waals surface area (Å²) in [5, 5.41) is 9.48. The maximum Gasteiger partial charge on any atom is 0.410 e. The predicted octanol–water partition coefficient (Wildman–Crippen LogP) is 5.10. The number of halogens is 1. The Bertz CT molecular complexity index is 1840. The molecule has 2 atom stereocenters. The summed E-state index contributed by atoms with van der Waals surface area (Å²) in [6.45, 7) is 13.1. The summed E-state index contributed by atoms with van der Waals surface area (Å²) in [6.07, 6.45) is 1.89. The number of hydrogen-bond acceptors (Lipinski definition) is 7. The van der Waals surface area contributed by atoms with Gasteiger partial charge in [-0.15, -0.1) is 0 Å². The lowest BCUT2D eigenvalue weighted by atomic mass is 9.91. The number of carbonyl (C=O) groups excluding carboxylic acids is 3. The first-order valence-corrected chi connectivity index (χ1v) is 16.9. The van der Waals surface area contributed by atoms with Crippen LogP contribution in [0.15, 0.2) is 54.7 Å². The topological polar surface area (TPSA) is 124 Å². The van der Waals surface area contributed by atoms with Crippen molar-refractivity contribution in [1.82, 2.24) is 19.7 Å². The molecule has 4 heterocycles. The first kappa shape index (κ1) is 35.0. The van der Waals surface area contributed by atoms with E-state index in [4.69, 9.17) is 9.72 Å². The highest BCUT2D eigenvalue weighted by molar-refractivity contribution is 6.01. The van der Waals surface area contributed by atoms with Crippen LogP contribution in [-0.2, 0) is 27.9 Å². The lowest BCUT2D eigenvalue weighted by Crippen LogP contribution is -2.63. The molecule has 2 aromatic carbocycles. The van der Waals surface area contributed by atoms with Gasteiger partial charge in [0.15, 0.2) is 0 Å². The number of rotatable bonds is 7. The number of hydrogen-bond donors (Lipinski definition) is 1. The number of ether oxygens (including phenoxy) is 1. The van der Waals surface area contributed by atoms with Crippen LogP contribution in [0, 0.1) is 5.82 Å². The van der Waals surface area contributed by atoms with Crippen LogP contribution >= 0.6 is 0 Å². The van der Waals surface area contributed by atoms with E-state index < -0.39 is 23.7 Å². The Labute approximate surface area is 291 Å². The van der Waals surface area contributed by atoms with Crippen molar-refractivity contribution in [3.05, 3.63) is 94.1 Å². The number of benzene rings is 2. The standard InChI is InChI=1S/C38H44FN5O6/c1-23-17-41(21-32(45)44-22-38(5,6)33-31(44)14-25(16-40-33)13-24-7-11-28(39)12-8-24)29(20-43(23)36(49)50-37(2,3)4)19-42-18-27-10-9-26(35(47)48)15-30(27)34(42)46/h7-12,14-16,23,29H,13,17-22H2,1-6H3,(H,47,48)/t23-,29+/m1/s1. The minimum absolute atomic E-state index is 0.0397.